The third kappa shape index (κ3) is 2.82. The van der Waals surface area contributed by atoms with Crippen molar-refractivity contribution in [2.24, 2.45) is 5.73 Å². The van der Waals surface area contributed by atoms with Crippen LogP contribution in [-0.4, -0.2) is 39.0 Å². The first-order chi connectivity index (χ1) is 10.1. The summed E-state index contributed by atoms with van der Waals surface area (Å²) < 4.78 is 1.89. The highest BCUT2D eigenvalue weighted by Gasteiger charge is 2.23. The molecule has 1 amide bonds. The lowest BCUT2D eigenvalue weighted by molar-refractivity contribution is 0.1000. The molecule has 0 unspecified atom stereocenters. The SMILES string of the molecule is NC(=O)c1cnc(N2CCC(n3ccnn3)CC2)c(Cl)c1. The molecule has 1 aliphatic rings. The quantitative estimate of drug-likeness (QED) is 0.922. The van der Waals surface area contributed by atoms with Crippen LogP contribution in [0.3, 0.4) is 0 Å². The summed E-state index contributed by atoms with van der Waals surface area (Å²) in [5.74, 6) is 0.166. The Balaban J connectivity index is 1.71. The standard InChI is InChI=1S/C13H15ClN6O/c14-11-7-9(12(15)21)8-16-13(11)19-4-1-10(2-5-19)20-6-3-17-18-20/h3,6-8,10H,1-2,4-5H2,(H2,15,21). The van der Waals surface area contributed by atoms with Crippen LogP contribution in [0.4, 0.5) is 5.82 Å². The van der Waals surface area contributed by atoms with Crippen molar-refractivity contribution in [1.82, 2.24) is 20.0 Å². The number of aromatic nitrogens is 4. The zero-order valence-corrected chi connectivity index (χ0v) is 12.1. The molecule has 3 rings (SSSR count). The molecule has 2 N–H and O–H groups in total. The maximum Gasteiger partial charge on any atom is 0.250 e. The number of carbonyl (C=O) groups excluding carboxylic acids is 1. The van der Waals surface area contributed by atoms with E-state index in [1.807, 2.05) is 10.9 Å². The van der Waals surface area contributed by atoms with E-state index in [2.05, 4.69) is 20.2 Å². The van der Waals surface area contributed by atoms with Gasteiger partial charge in [-0.2, -0.15) is 0 Å². The number of carbonyl (C=O) groups is 1. The van der Waals surface area contributed by atoms with Crippen molar-refractivity contribution >= 4 is 23.3 Å². The first-order valence-corrected chi connectivity index (χ1v) is 7.09. The van der Waals surface area contributed by atoms with Gasteiger partial charge in [-0.25, -0.2) is 9.67 Å². The van der Waals surface area contributed by atoms with Crippen LogP contribution < -0.4 is 10.6 Å². The molecule has 2 aromatic rings. The third-order valence-corrected chi connectivity index (χ3v) is 3.96. The topological polar surface area (TPSA) is 89.9 Å². The summed E-state index contributed by atoms with van der Waals surface area (Å²) in [6, 6.07) is 1.92. The van der Waals surface area contributed by atoms with Crippen LogP contribution in [0.1, 0.15) is 29.2 Å². The van der Waals surface area contributed by atoms with Crippen molar-refractivity contribution in [3.05, 3.63) is 35.2 Å². The van der Waals surface area contributed by atoms with Crippen molar-refractivity contribution in [3.63, 3.8) is 0 Å². The molecule has 1 aliphatic heterocycles. The van der Waals surface area contributed by atoms with E-state index in [-0.39, 0.29) is 0 Å². The second-order valence-electron chi connectivity index (χ2n) is 4.99. The van der Waals surface area contributed by atoms with Gasteiger partial charge in [0.2, 0.25) is 5.91 Å². The average Bonchev–Trinajstić information content (AvgIpc) is 3.01. The highest BCUT2D eigenvalue weighted by Crippen LogP contribution is 2.29. The van der Waals surface area contributed by atoms with Crippen LogP contribution in [0.15, 0.2) is 24.7 Å². The van der Waals surface area contributed by atoms with Crippen LogP contribution in [0, 0.1) is 0 Å². The first-order valence-electron chi connectivity index (χ1n) is 6.71. The van der Waals surface area contributed by atoms with Crippen LogP contribution >= 0.6 is 11.6 Å². The monoisotopic (exact) mass is 306 g/mol. The summed E-state index contributed by atoms with van der Waals surface area (Å²) in [7, 11) is 0. The van der Waals surface area contributed by atoms with E-state index in [0.717, 1.165) is 25.9 Å². The third-order valence-electron chi connectivity index (χ3n) is 3.69. The molecule has 7 nitrogen and oxygen atoms in total. The Kier molecular flexibility index (Phi) is 3.74. The van der Waals surface area contributed by atoms with E-state index < -0.39 is 5.91 Å². The molecule has 0 radical (unpaired) electrons. The maximum atomic E-state index is 11.1. The fraction of sp³-hybridized carbons (Fsp3) is 0.385. The lowest BCUT2D eigenvalue weighted by Gasteiger charge is -2.33. The van der Waals surface area contributed by atoms with Crippen molar-refractivity contribution in [2.45, 2.75) is 18.9 Å². The normalized spacial score (nSPS) is 16.1. The number of anilines is 1. The minimum Gasteiger partial charge on any atom is -0.366 e. The second kappa shape index (κ2) is 5.69. The molecule has 2 aromatic heterocycles. The molecule has 1 saturated heterocycles. The number of primary amides is 1. The van der Waals surface area contributed by atoms with Crippen molar-refractivity contribution in [2.75, 3.05) is 18.0 Å². The smallest absolute Gasteiger partial charge is 0.250 e. The summed E-state index contributed by atoms with van der Waals surface area (Å²) in [4.78, 5) is 17.5. The number of pyridine rings is 1. The zero-order valence-electron chi connectivity index (χ0n) is 11.3. The molecule has 0 atom stereocenters. The van der Waals surface area contributed by atoms with E-state index >= 15 is 0 Å². The Hall–Kier alpha value is -2.15. The van der Waals surface area contributed by atoms with Gasteiger partial charge in [0, 0.05) is 25.5 Å². The van der Waals surface area contributed by atoms with E-state index in [0.29, 0.717) is 22.4 Å². The zero-order chi connectivity index (χ0) is 14.8. The molecule has 0 bridgehead atoms. The van der Waals surface area contributed by atoms with Gasteiger partial charge < -0.3 is 10.6 Å². The molecular weight excluding hydrogens is 292 g/mol. The van der Waals surface area contributed by atoms with E-state index in [9.17, 15) is 4.79 Å². The van der Waals surface area contributed by atoms with Gasteiger partial charge in [0.1, 0.15) is 5.82 Å². The Morgan fingerprint density at radius 3 is 2.71 bits per heavy atom. The molecule has 21 heavy (non-hydrogen) atoms. The molecule has 1 fully saturated rings. The number of nitrogens with two attached hydrogens (primary N) is 1. The highest BCUT2D eigenvalue weighted by molar-refractivity contribution is 6.33. The molecular formula is C13H15ClN6O. The number of amides is 1. The largest absolute Gasteiger partial charge is 0.366 e. The predicted octanol–water partition coefficient (Wildman–Crippen LogP) is 1.27. The van der Waals surface area contributed by atoms with Crippen LogP contribution in [-0.2, 0) is 0 Å². The lowest BCUT2D eigenvalue weighted by atomic mass is 10.1. The second-order valence-corrected chi connectivity index (χ2v) is 5.40. The number of nitrogens with zero attached hydrogens (tertiary/aromatic N) is 5. The van der Waals surface area contributed by atoms with Crippen molar-refractivity contribution in [1.29, 1.82) is 0 Å². The van der Waals surface area contributed by atoms with Gasteiger partial charge in [-0.05, 0) is 18.9 Å². The van der Waals surface area contributed by atoms with Crippen molar-refractivity contribution in [3.8, 4) is 0 Å². The van der Waals surface area contributed by atoms with Gasteiger partial charge in [0.25, 0.3) is 0 Å². The average molecular weight is 307 g/mol. The Morgan fingerprint density at radius 1 is 1.38 bits per heavy atom. The summed E-state index contributed by atoms with van der Waals surface area (Å²) in [6.45, 7) is 1.65. The van der Waals surface area contributed by atoms with E-state index in [1.54, 1.807) is 12.3 Å². The fourth-order valence-electron chi connectivity index (χ4n) is 2.55. The summed E-state index contributed by atoms with van der Waals surface area (Å²) in [6.07, 6.45) is 6.92. The predicted molar refractivity (Wildman–Crippen MR) is 78.3 cm³/mol. The lowest BCUT2D eigenvalue weighted by Crippen LogP contribution is -2.35. The van der Waals surface area contributed by atoms with Gasteiger partial charge >= 0.3 is 0 Å². The van der Waals surface area contributed by atoms with Gasteiger partial charge in [0.05, 0.1) is 22.8 Å². The van der Waals surface area contributed by atoms with Crippen LogP contribution in [0.5, 0.6) is 0 Å². The van der Waals surface area contributed by atoms with Gasteiger partial charge in [0.15, 0.2) is 0 Å². The van der Waals surface area contributed by atoms with Crippen LogP contribution in [0.25, 0.3) is 0 Å². The van der Waals surface area contributed by atoms with E-state index in [1.165, 1.54) is 6.20 Å². The number of hydrogen-bond acceptors (Lipinski definition) is 5. The number of piperidine rings is 1. The summed E-state index contributed by atoms with van der Waals surface area (Å²) in [5, 5.41) is 8.33. The Morgan fingerprint density at radius 2 is 2.14 bits per heavy atom. The number of rotatable bonds is 3. The summed E-state index contributed by atoms with van der Waals surface area (Å²) in [5.41, 5.74) is 5.54. The minimum atomic E-state index is -0.527. The minimum absolute atomic E-state index is 0.321. The van der Waals surface area contributed by atoms with E-state index in [4.69, 9.17) is 17.3 Å². The molecule has 0 saturated carbocycles. The first kappa shape index (κ1) is 13.8. The molecule has 0 spiro atoms. The Bertz CT molecular complexity index is 636. The fourth-order valence-corrected chi connectivity index (χ4v) is 2.84. The Labute approximate surface area is 126 Å². The van der Waals surface area contributed by atoms with Crippen LogP contribution in [0.2, 0.25) is 5.02 Å². The highest BCUT2D eigenvalue weighted by atomic mass is 35.5. The van der Waals surface area contributed by atoms with Gasteiger partial charge in [-0.15, -0.1) is 5.10 Å². The molecule has 8 heteroatoms. The number of hydrogen-bond donors (Lipinski definition) is 1. The molecule has 0 aromatic carbocycles. The van der Waals surface area contributed by atoms with Crippen molar-refractivity contribution < 1.29 is 4.79 Å². The van der Waals surface area contributed by atoms with Gasteiger partial charge in [-0.1, -0.05) is 16.8 Å². The number of halogens is 1. The summed E-state index contributed by atoms with van der Waals surface area (Å²) >= 11 is 6.20. The van der Waals surface area contributed by atoms with Gasteiger partial charge in [-0.3, -0.25) is 4.79 Å². The molecule has 110 valence electrons. The molecule has 0 aliphatic carbocycles. The maximum absolute atomic E-state index is 11.1. The molecule has 3 heterocycles.